The van der Waals surface area contributed by atoms with Crippen LogP contribution in [0, 0.1) is 5.92 Å². The summed E-state index contributed by atoms with van der Waals surface area (Å²) in [5.74, 6) is 0.324. The van der Waals surface area contributed by atoms with Gasteiger partial charge < -0.3 is 20.6 Å². The highest BCUT2D eigenvalue weighted by Crippen LogP contribution is 2.61. The molecule has 2 saturated carbocycles. The molecule has 8 heteroatoms. The SMILES string of the molecule is O=C(Cc1ccc(Cl)c(Cl)c1)N[C@H]1CC[C@@]2(O)[C@H]3Cc4ccc(O)c(O)c4[C@@]2(CCN3CC2CC2)C1. The molecular weight excluding hydrogens is 499 g/mol. The van der Waals surface area contributed by atoms with Gasteiger partial charge in [-0.2, -0.15) is 0 Å². The number of phenols is 2. The Morgan fingerprint density at radius 2 is 1.89 bits per heavy atom. The van der Waals surface area contributed by atoms with Gasteiger partial charge in [0, 0.05) is 29.6 Å². The summed E-state index contributed by atoms with van der Waals surface area (Å²) in [6.45, 7) is 1.84. The first kappa shape index (κ1) is 24.4. The number of piperidine rings is 1. The fourth-order valence-electron chi connectivity index (χ4n) is 7.29. The molecule has 2 aromatic rings. The molecule has 3 aliphatic carbocycles. The second kappa shape index (κ2) is 8.80. The molecule has 6 nitrogen and oxygen atoms in total. The highest BCUT2D eigenvalue weighted by atomic mass is 35.5. The van der Waals surface area contributed by atoms with E-state index < -0.39 is 11.0 Å². The highest BCUT2D eigenvalue weighted by Gasteiger charge is 2.65. The first-order valence-electron chi connectivity index (χ1n) is 12.9. The summed E-state index contributed by atoms with van der Waals surface area (Å²) in [5.41, 5.74) is 0.697. The lowest BCUT2D eigenvalue weighted by molar-refractivity contribution is -0.172. The van der Waals surface area contributed by atoms with Crippen molar-refractivity contribution in [2.45, 2.75) is 74.5 Å². The summed E-state index contributed by atoms with van der Waals surface area (Å²) in [6, 6.07) is 8.46. The normalized spacial score (nSPS) is 31.4. The quantitative estimate of drug-likeness (QED) is 0.432. The molecule has 2 bridgehead atoms. The highest BCUT2D eigenvalue weighted by molar-refractivity contribution is 6.42. The van der Waals surface area contributed by atoms with Crippen molar-refractivity contribution in [2.75, 3.05) is 13.1 Å². The number of nitrogens with zero attached hydrogens (tertiary/aromatic N) is 1. The van der Waals surface area contributed by atoms with E-state index in [2.05, 4.69) is 10.2 Å². The summed E-state index contributed by atoms with van der Waals surface area (Å²) in [5, 5.41) is 37.9. The number of likely N-dealkylation sites (tertiary alicyclic amines) is 1. The molecule has 1 amide bonds. The van der Waals surface area contributed by atoms with Crippen LogP contribution in [0.2, 0.25) is 10.0 Å². The van der Waals surface area contributed by atoms with E-state index >= 15 is 0 Å². The molecule has 4 N–H and O–H groups in total. The Kier molecular flexibility index (Phi) is 5.95. The van der Waals surface area contributed by atoms with E-state index in [1.54, 1.807) is 24.3 Å². The van der Waals surface area contributed by atoms with E-state index in [0.29, 0.717) is 53.6 Å². The topological polar surface area (TPSA) is 93.0 Å². The molecule has 36 heavy (non-hydrogen) atoms. The summed E-state index contributed by atoms with van der Waals surface area (Å²) in [4.78, 5) is 15.5. The number of halogens is 2. The molecule has 192 valence electrons. The maximum atomic E-state index is 13.0. The van der Waals surface area contributed by atoms with Crippen LogP contribution >= 0.6 is 23.2 Å². The van der Waals surface area contributed by atoms with Crippen molar-refractivity contribution < 1.29 is 20.1 Å². The molecule has 6 rings (SSSR count). The maximum Gasteiger partial charge on any atom is 0.224 e. The van der Waals surface area contributed by atoms with Crippen LogP contribution in [0.3, 0.4) is 0 Å². The van der Waals surface area contributed by atoms with Crippen LogP contribution in [0.5, 0.6) is 11.5 Å². The third-order valence-electron chi connectivity index (χ3n) is 9.15. The van der Waals surface area contributed by atoms with Crippen LogP contribution < -0.4 is 5.32 Å². The maximum absolute atomic E-state index is 13.0. The van der Waals surface area contributed by atoms with Gasteiger partial charge in [-0.3, -0.25) is 9.69 Å². The van der Waals surface area contributed by atoms with E-state index in [1.807, 2.05) is 6.07 Å². The number of fused-ring (bicyclic) bond motifs is 1. The molecule has 3 fully saturated rings. The number of benzene rings is 2. The van der Waals surface area contributed by atoms with Crippen molar-refractivity contribution in [3.63, 3.8) is 0 Å². The smallest absolute Gasteiger partial charge is 0.224 e. The van der Waals surface area contributed by atoms with Crippen molar-refractivity contribution >= 4 is 29.1 Å². The molecule has 1 aliphatic heterocycles. The minimum absolute atomic E-state index is 0.0313. The van der Waals surface area contributed by atoms with Gasteiger partial charge in [-0.15, -0.1) is 0 Å². The number of hydrogen-bond donors (Lipinski definition) is 4. The van der Waals surface area contributed by atoms with Crippen LogP contribution in [-0.4, -0.2) is 56.9 Å². The number of phenolic OH excluding ortho intramolecular Hbond substituents is 2. The monoisotopic (exact) mass is 530 g/mol. The van der Waals surface area contributed by atoms with E-state index in [1.165, 1.54) is 12.8 Å². The zero-order chi connectivity index (χ0) is 25.2. The van der Waals surface area contributed by atoms with Crippen LogP contribution in [0.4, 0.5) is 0 Å². The number of carbonyl (C=O) groups is 1. The van der Waals surface area contributed by atoms with Crippen LogP contribution in [0.25, 0.3) is 0 Å². The lowest BCUT2D eigenvalue weighted by Gasteiger charge is -2.64. The third kappa shape index (κ3) is 3.89. The number of rotatable bonds is 5. The number of aliphatic hydroxyl groups is 1. The molecule has 2 aromatic carbocycles. The number of aromatic hydroxyl groups is 2. The van der Waals surface area contributed by atoms with Crippen LogP contribution in [0.15, 0.2) is 30.3 Å². The molecule has 1 heterocycles. The van der Waals surface area contributed by atoms with E-state index in [0.717, 1.165) is 24.2 Å². The van der Waals surface area contributed by atoms with Gasteiger partial charge in [-0.05, 0) is 86.7 Å². The number of nitrogens with one attached hydrogen (secondary N) is 1. The van der Waals surface area contributed by atoms with Crippen molar-refractivity contribution in [2.24, 2.45) is 5.92 Å². The summed E-state index contributed by atoms with van der Waals surface area (Å²) < 4.78 is 0. The molecule has 1 saturated heterocycles. The van der Waals surface area contributed by atoms with Gasteiger partial charge in [0.2, 0.25) is 5.91 Å². The van der Waals surface area contributed by atoms with Crippen molar-refractivity contribution in [1.82, 2.24) is 10.2 Å². The van der Waals surface area contributed by atoms with Gasteiger partial charge in [-0.1, -0.05) is 35.3 Å². The standard InChI is InChI=1S/C28H32Cl2N2O4/c29-20-5-3-17(11-21(20)30)12-24(34)31-19-7-8-28(36)23-13-18-4-6-22(33)26(35)25(18)27(28,14-19)9-10-32(23)15-16-1-2-16/h3-6,11,16,19,23,33,35-36H,1-2,7-10,12-15H2,(H,31,34)/t19-,23+,27+,28+/m0/s1. The van der Waals surface area contributed by atoms with Gasteiger partial charge >= 0.3 is 0 Å². The molecule has 0 spiro atoms. The van der Waals surface area contributed by atoms with Gasteiger partial charge in [-0.25, -0.2) is 0 Å². The first-order valence-corrected chi connectivity index (χ1v) is 13.7. The zero-order valence-electron chi connectivity index (χ0n) is 20.1. The second-order valence-electron chi connectivity index (χ2n) is 11.3. The number of amides is 1. The van der Waals surface area contributed by atoms with Gasteiger partial charge in [0.1, 0.15) is 0 Å². The lowest BCUT2D eigenvalue weighted by Crippen LogP contribution is -2.74. The second-order valence-corrected chi connectivity index (χ2v) is 12.1. The van der Waals surface area contributed by atoms with Crippen molar-refractivity contribution in [1.29, 1.82) is 0 Å². The summed E-state index contributed by atoms with van der Waals surface area (Å²) >= 11 is 12.1. The molecule has 0 aromatic heterocycles. The molecule has 4 atom stereocenters. The van der Waals surface area contributed by atoms with Gasteiger partial charge in [0.15, 0.2) is 11.5 Å². The summed E-state index contributed by atoms with van der Waals surface area (Å²) in [7, 11) is 0. The Bertz CT molecular complexity index is 1220. The van der Waals surface area contributed by atoms with E-state index in [4.69, 9.17) is 23.2 Å². The van der Waals surface area contributed by atoms with Crippen LogP contribution in [0.1, 0.15) is 55.2 Å². The fourth-order valence-corrected chi connectivity index (χ4v) is 7.61. The zero-order valence-corrected chi connectivity index (χ0v) is 21.7. The van der Waals surface area contributed by atoms with E-state index in [9.17, 15) is 20.1 Å². The molecule has 0 unspecified atom stereocenters. The van der Waals surface area contributed by atoms with Crippen molar-refractivity contribution in [3.05, 3.63) is 57.1 Å². The largest absolute Gasteiger partial charge is 0.504 e. The fraction of sp³-hybridized carbons (Fsp3) is 0.536. The minimum atomic E-state index is -1.02. The van der Waals surface area contributed by atoms with Crippen molar-refractivity contribution in [3.8, 4) is 11.5 Å². The lowest BCUT2D eigenvalue weighted by atomic mass is 9.48. The molecule has 4 aliphatic rings. The average molecular weight is 531 g/mol. The molecule has 0 radical (unpaired) electrons. The number of carbonyl (C=O) groups excluding carboxylic acids is 1. The van der Waals surface area contributed by atoms with Crippen LogP contribution in [-0.2, 0) is 23.1 Å². The Balaban J connectivity index is 1.30. The van der Waals surface area contributed by atoms with Gasteiger partial charge in [0.25, 0.3) is 0 Å². The number of hydrogen-bond acceptors (Lipinski definition) is 5. The molecular formula is C28H32Cl2N2O4. The summed E-state index contributed by atoms with van der Waals surface area (Å²) in [6.07, 6.45) is 5.74. The Morgan fingerprint density at radius 3 is 2.64 bits per heavy atom. The Labute approximate surface area is 221 Å². The first-order chi connectivity index (χ1) is 17.2. The minimum Gasteiger partial charge on any atom is -0.504 e. The predicted octanol–water partition coefficient (Wildman–Crippen LogP) is 4.33. The predicted molar refractivity (Wildman–Crippen MR) is 139 cm³/mol. The van der Waals surface area contributed by atoms with Gasteiger partial charge in [0.05, 0.1) is 22.1 Å². The van der Waals surface area contributed by atoms with E-state index in [-0.39, 0.29) is 35.9 Å². The Morgan fingerprint density at radius 1 is 1.08 bits per heavy atom. The Hall–Kier alpha value is -1.99. The average Bonchev–Trinajstić information content (AvgIpc) is 3.65. The third-order valence-corrected chi connectivity index (χ3v) is 9.89.